The second-order valence-electron chi connectivity index (χ2n) is 6.59. The zero-order valence-corrected chi connectivity index (χ0v) is 16.2. The van der Waals surface area contributed by atoms with E-state index in [1.54, 1.807) is 13.3 Å². The summed E-state index contributed by atoms with van der Waals surface area (Å²) in [5.41, 5.74) is 5.78. The molecule has 0 atom stereocenters. The maximum atomic E-state index is 5.26. The smallest absolute Gasteiger partial charge is 0.249 e. The minimum atomic E-state index is 0.483. The Balaban J connectivity index is 1.64. The van der Waals surface area contributed by atoms with E-state index in [2.05, 4.69) is 64.8 Å². The van der Waals surface area contributed by atoms with E-state index in [-0.39, 0.29) is 0 Å². The van der Waals surface area contributed by atoms with Gasteiger partial charge in [-0.1, -0.05) is 29.8 Å². The highest BCUT2D eigenvalue weighted by Gasteiger charge is 2.07. The molecule has 0 saturated carbocycles. The van der Waals surface area contributed by atoms with Crippen molar-refractivity contribution in [3.05, 3.63) is 64.8 Å². The van der Waals surface area contributed by atoms with E-state index in [1.807, 2.05) is 18.2 Å². The van der Waals surface area contributed by atoms with E-state index >= 15 is 0 Å². The predicted molar refractivity (Wildman–Crippen MR) is 109 cm³/mol. The van der Waals surface area contributed by atoms with Gasteiger partial charge in [-0.05, 0) is 56.0 Å². The van der Waals surface area contributed by atoms with Gasteiger partial charge in [0.2, 0.25) is 5.95 Å². The normalized spacial score (nSPS) is 10.5. The van der Waals surface area contributed by atoms with Crippen LogP contribution in [-0.4, -0.2) is 28.8 Å². The van der Waals surface area contributed by atoms with Gasteiger partial charge in [0.05, 0.1) is 13.3 Å². The number of aryl methyl sites for hydroxylation is 3. The lowest BCUT2D eigenvalue weighted by atomic mass is 10.1. The number of rotatable bonds is 7. The molecule has 0 aliphatic carbocycles. The molecule has 0 spiro atoms. The van der Waals surface area contributed by atoms with Crippen LogP contribution in [0.25, 0.3) is 0 Å². The number of nitrogens with zero attached hydrogens (tertiary/aromatic N) is 3. The van der Waals surface area contributed by atoms with E-state index in [1.165, 1.54) is 11.1 Å². The Labute approximate surface area is 160 Å². The van der Waals surface area contributed by atoms with Gasteiger partial charge >= 0.3 is 0 Å². The number of aromatic nitrogens is 3. The van der Waals surface area contributed by atoms with E-state index < -0.39 is 0 Å². The highest BCUT2D eigenvalue weighted by Crippen LogP contribution is 2.24. The Hall–Kier alpha value is -3.15. The van der Waals surface area contributed by atoms with Gasteiger partial charge in [-0.25, -0.2) is 0 Å². The maximum Gasteiger partial charge on any atom is 0.249 e. The molecule has 0 fully saturated rings. The standard InChI is InChI=1S/C21H25N5O/c1-14-10-15(2)20(16(3)11-14)25-21-24-19(13-23-26-21)22-9-8-17-6-5-7-18(12-17)27-4/h5-7,10-13H,8-9H2,1-4H3,(H2,22,24,25,26). The van der Waals surface area contributed by atoms with Crippen molar-refractivity contribution in [1.29, 1.82) is 0 Å². The summed E-state index contributed by atoms with van der Waals surface area (Å²) in [6.07, 6.45) is 2.49. The fourth-order valence-electron chi connectivity index (χ4n) is 3.09. The van der Waals surface area contributed by atoms with Crippen LogP contribution in [0.3, 0.4) is 0 Å². The molecule has 6 heteroatoms. The first-order valence-corrected chi connectivity index (χ1v) is 8.96. The van der Waals surface area contributed by atoms with Gasteiger partial charge in [-0.15, -0.1) is 5.10 Å². The monoisotopic (exact) mass is 363 g/mol. The molecule has 2 aromatic carbocycles. The molecule has 140 valence electrons. The van der Waals surface area contributed by atoms with Gasteiger partial charge in [-0.3, -0.25) is 0 Å². The molecule has 3 rings (SSSR count). The number of benzene rings is 2. The fraction of sp³-hybridized carbons (Fsp3) is 0.286. The van der Waals surface area contributed by atoms with Crippen LogP contribution in [-0.2, 0) is 6.42 Å². The molecular formula is C21H25N5O. The lowest BCUT2D eigenvalue weighted by Gasteiger charge is -2.13. The third-order valence-corrected chi connectivity index (χ3v) is 4.33. The van der Waals surface area contributed by atoms with Crippen LogP contribution in [0.2, 0.25) is 0 Å². The number of nitrogens with one attached hydrogen (secondary N) is 2. The number of anilines is 3. The van der Waals surface area contributed by atoms with Gasteiger partial charge in [0.1, 0.15) is 5.75 Å². The van der Waals surface area contributed by atoms with E-state index in [9.17, 15) is 0 Å². The SMILES string of the molecule is COc1cccc(CCNc2cnnc(Nc3c(C)cc(C)cc3C)n2)c1. The Bertz CT molecular complexity index is 903. The zero-order valence-electron chi connectivity index (χ0n) is 16.2. The molecule has 1 aromatic heterocycles. The largest absolute Gasteiger partial charge is 0.497 e. The predicted octanol–water partition coefficient (Wildman–Crippen LogP) is 4.20. The van der Waals surface area contributed by atoms with Gasteiger partial charge in [0, 0.05) is 12.2 Å². The number of methoxy groups -OCH3 is 1. The first-order chi connectivity index (χ1) is 13.0. The van der Waals surface area contributed by atoms with Crippen LogP contribution in [0.5, 0.6) is 5.75 Å². The highest BCUT2D eigenvalue weighted by atomic mass is 16.5. The highest BCUT2D eigenvalue weighted by molar-refractivity contribution is 5.64. The van der Waals surface area contributed by atoms with Crippen molar-refractivity contribution in [2.75, 3.05) is 24.3 Å². The Kier molecular flexibility index (Phi) is 5.86. The van der Waals surface area contributed by atoms with Crippen LogP contribution in [0, 0.1) is 20.8 Å². The quantitative estimate of drug-likeness (QED) is 0.655. The summed E-state index contributed by atoms with van der Waals surface area (Å²) in [4.78, 5) is 4.52. The number of hydrogen-bond donors (Lipinski definition) is 2. The van der Waals surface area contributed by atoms with Crippen molar-refractivity contribution in [2.45, 2.75) is 27.2 Å². The van der Waals surface area contributed by atoms with E-state index in [0.717, 1.165) is 35.5 Å². The van der Waals surface area contributed by atoms with Crippen molar-refractivity contribution >= 4 is 17.5 Å². The zero-order chi connectivity index (χ0) is 19.2. The van der Waals surface area contributed by atoms with Gasteiger partial charge in [0.15, 0.2) is 5.82 Å². The molecule has 3 aromatic rings. The first-order valence-electron chi connectivity index (χ1n) is 8.96. The maximum absolute atomic E-state index is 5.26. The molecule has 0 saturated heterocycles. The van der Waals surface area contributed by atoms with Crippen LogP contribution in [0.1, 0.15) is 22.3 Å². The van der Waals surface area contributed by atoms with E-state index in [0.29, 0.717) is 11.8 Å². The number of ether oxygens (including phenoxy) is 1. The molecule has 1 heterocycles. The fourth-order valence-corrected chi connectivity index (χ4v) is 3.09. The molecule has 0 radical (unpaired) electrons. The Morgan fingerprint density at radius 1 is 1.04 bits per heavy atom. The molecule has 0 bridgehead atoms. The minimum absolute atomic E-state index is 0.483. The molecule has 6 nitrogen and oxygen atoms in total. The summed E-state index contributed by atoms with van der Waals surface area (Å²) >= 11 is 0. The van der Waals surface area contributed by atoms with Crippen LogP contribution in [0.4, 0.5) is 17.5 Å². The topological polar surface area (TPSA) is 72.0 Å². The van der Waals surface area contributed by atoms with Crippen LogP contribution < -0.4 is 15.4 Å². The van der Waals surface area contributed by atoms with Crippen LogP contribution in [0.15, 0.2) is 42.6 Å². The third-order valence-electron chi connectivity index (χ3n) is 4.33. The second kappa shape index (κ2) is 8.49. The molecule has 27 heavy (non-hydrogen) atoms. The summed E-state index contributed by atoms with van der Waals surface area (Å²) in [5.74, 6) is 2.04. The van der Waals surface area contributed by atoms with Crippen molar-refractivity contribution < 1.29 is 4.74 Å². The van der Waals surface area contributed by atoms with Gasteiger partial charge in [-0.2, -0.15) is 10.1 Å². The molecule has 0 unspecified atom stereocenters. The second-order valence-corrected chi connectivity index (χ2v) is 6.59. The average Bonchev–Trinajstić information content (AvgIpc) is 2.65. The molecule has 0 aliphatic rings. The van der Waals surface area contributed by atoms with E-state index in [4.69, 9.17) is 4.74 Å². The molecular weight excluding hydrogens is 338 g/mol. The summed E-state index contributed by atoms with van der Waals surface area (Å²) in [6, 6.07) is 12.3. The summed E-state index contributed by atoms with van der Waals surface area (Å²) in [5, 5.41) is 14.7. The first kappa shape index (κ1) is 18.6. The summed E-state index contributed by atoms with van der Waals surface area (Å²) in [6.45, 7) is 6.99. The lowest BCUT2D eigenvalue weighted by molar-refractivity contribution is 0.414. The average molecular weight is 363 g/mol. The van der Waals surface area contributed by atoms with Crippen molar-refractivity contribution in [3.8, 4) is 5.75 Å². The summed E-state index contributed by atoms with van der Waals surface area (Å²) < 4.78 is 5.26. The summed E-state index contributed by atoms with van der Waals surface area (Å²) in [7, 11) is 1.68. The molecule has 0 aliphatic heterocycles. The Morgan fingerprint density at radius 2 is 1.81 bits per heavy atom. The lowest BCUT2D eigenvalue weighted by Crippen LogP contribution is -2.09. The number of hydrogen-bond acceptors (Lipinski definition) is 6. The van der Waals surface area contributed by atoms with Crippen molar-refractivity contribution in [2.24, 2.45) is 0 Å². The third kappa shape index (κ3) is 4.94. The van der Waals surface area contributed by atoms with Gasteiger partial charge in [0.25, 0.3) is 0 Å². The van der Waals surface area contributed by atoms with Crippen LogP contribution >= 0.6 is 0 Å². The van der Waals surface area contributed by atoms with Crippen molar-refractivity contribution in [3.63, 3.8) is 0 Å². The van der Waals surface area contributed by atoms with Gasteiger partial charge < -0.3 is 15.4 Å². The Morgan fingerprint density at radius 3 is 2.56 bits per heavy atom. The molecule has 0 amide bonds. The minimum Gasteiger partial charge on any atom is -0.497 e. The molecule has 2 N–H and O–H groups in total. The van der Waals surface area contributed by atoms with Crippen molar-refractivity contribution in [1.82, 2.24) is 15.2 Å².